The number of hydrogen-bond acceptors (Lipinski definition) is 7. The first-order chi connectivity index (χ1) is 7.95. The lowest BCUT2D eigenvalue weighted by Crippen LogP contribution is -2.24. The molecule has 0 saturated carbocycles. The summed E-state index contributed by atoms with van der Waals surface area (Å²) in [6, 6.07) is 0. The summed E-state index contributed by atoms with van der Waals surface area (Å²) >= 11 is 0. The number of aliphatic hydroxyl groups is 2. The Morgan fingerprint density at radius 1 is 1.18 bits per heavy atom. The van der Waals surface area contributed by atoms with Crippen LogP contribution in [0.1, 0.15) is 0 Å². The summed E-state index contributed by atoms with van der Waals surface area (Å²) in [6.07, 6.45) is -1.72. The van der Waals surface area contributed by atoms with Crippen molar-refractivity contribution in [3.63, 3.8) is 0 Å². The standard InChI is InChI=1S/C8H19O8P/c1-13-5-8(14-2)6-16-17(11,12)15-4-7(10)3-9/h7-10H,3-6H2,1-2H3,(H,11,12)/t7-,8+/m0/s1. The van der Waals surface area contributed by atoms with Gasteiger partial charge in [-0.05, 0) is 0 Å². The molecule has 0 aliphatic rings. The monoisotopic (exact) mass is 274 g/mol. The molecule has 104 valence electrons. The van der Waals surface area contributed by atoms with Crippen molar-refractivity contribution in [1.29, 1.82) is 0 Å². The van der Waals surface area contributed by atoms with E-state index in [2.05, 4.69) is 9.05 Å². The van der Waals surface area contributed by atoms with Crippen LogP contribution in [0.3, 0.4) is 0 Å². The van der Waals surface area contributed by atoms with Gasteiger partial charge in [-0.25, -0.2) is 4.57 Å². The number of aliphatic hydroxyl groups excluding tert-OH is 2. The van der Waals surface area contributed by atoms with Crippen LogP contribution in [-0.4, -0.2) is 68.0 Å². The van der Waals surface area contributed by atoms with Gasteiger partial charge in [-0.15, -0.1) is 0 Å². The molecule has 0 aliphatic heterocycles. The quantitative estimate of drug-likeness (QED) is 0.441. The zero-order valence-corrected chi connectivity index (χ0v) is 10.7. The topological polar surface area (TPSA) is 115 Å². The first-order valence-electron chi connectivity index (χ1n) is 4.87. The Labute approximate surface area is 99.7 Å². The molecule has 0 saturated heterocycles. The molecule has 9 heteroatoms. The van der Waals surface area contributed by atoms with Gasteiger partial charge < -0.3 is 24.6 Å². The minimum Gasteiger partial charge on any atom is -0.394 e. The molecule has 0 bridgehead atoms. The molecule has 8 nitrogen and oxygen atoms in total. The summed E-state index contributed by atoms with van der Waals surface area (Å²) < 4.78 is 30.0. The first-order valence-corrected chi connectivity index (χ1v) is 6.37. The summed E-state index contributed by atoms with van der Waals surface area (Å²) in [7, 11) is -1.39. The van der Waals surface area contributed by atoms with Crippen molar-refractivity contribution in [3.05, 3.63) is 0 Å². The lowest BCUT2D eigenvalue weighted by molar-refractivity contribution is -0.0133. The molecule has 0 rings (SSSR count). The fraction of sp³-hybridized carbons (Fsp3) is 1.00. The van der Waals surface area contributed by atoms with Crippen LogP contribution in [-0.2, 0) is 23.1 Å². The van der Waals surface area contributed by atoms with Crippen molar-refractivity contribution in [2.45, 2.75) is 12.2 Å². The molecule has 1 unspecified atom stereocenters. The van der Waals surface area contributed by atoms with Gasteiger partial charge in [0.2, 0.25) is 0 Å². The van der Waals surface area contributed by atoms with Gasteiger partial charge >= 0.3 is 7.82 Å². The highest BCUT2D eigenvalue weighted by Gasteiger charge is 2.24. The fourth-order valence-corrected chi connectivity index (χ4v) is 1.61. The maximum Gasteiger partial charge on any atom is 0.472 e. The van der Waals surface area contributed by atoms with E-state index in [4.69, 9.17) is 19.7 Å². The molecule has 3 atom stereocenters. The molecule has 0 amide bonds. The smallest absolute Gasteiger partial charge is 0.394 e. The van der Waals surface area contributed by atoms with Crippen LogP contribution in [0.2, 0.25) is 0 Å². The van der Waals surface area contributed by atoms with Gasteiger partial charge in [0.15, 0.2) is 0 Å². The van der Waals surface area contributed by atoms with Crippen molar-refractivity contribution in [1.82, 2.24) is 0 Å². The predicted molar refractivity (Wildman–Crippen MR) is 57.5 cm³/mol. The van der Waals surface area contributed by atoms with Gasteiger partial charge in [0.05, 0.1) is 26.4 Å². The second-order valence-electron chi connectivity index (χ2n) is 3.21. The second kappa shape index (κ2) is 8.96. The number of phosphoric ester groups is 1. The number of phosphoric acid groups is 1. The Balaban J connectivity index is 3.94. The zero-order chi connectivity index (χ0) is 13.3. The van der Waals surface area contributed by atoms with E-state index in [0.29, 0.717) is 0 Å². The molecule has 0 aromatic heterocycles. The van der Waals surface area contributed by atoms with E-state index in [1.54, 1.807) is 0 Å². The molecule has 0 radical (unpaired) electrons. The Morgan fingerprint density at radius 2 is 1.76 bits per heavy atom. The Bertz CT molecular complexity index is 236. The third-order valence-corrected chi connectivity index (χ3v) is 2.70. The van der Waals surface area contributed by atoms with Gasteiger partial charge in [0.25, 0.3) is 0 Å². The number of ether oxygens (including phenoxy) is 2. The first kappa shape index (κ1) is 16.9. The van der Waals surface area contributed by atoms with Crippen molar-refractivity contribution >= 4 is 7.82 Å². The van der Waals surface area contributed by atoms with Gasteiger partial charge in [-0.3, -0.25) is 9.05 Å². The van der Waals surface area contributed by atoms with Crippen LogP contribution in [0.5, 0.6) is 0 Å². The molecular weight excluding hydrogens is 255 g/mol. The van der Waals surface area contributed by atoms with Crippen LogP contribution in [0, 0.1) is 0 Å². The van der Waals surface area contributed by atoms with Crippen LogP contribution in [0.15, 0.2) is 0 Å². The minimum atomic E-state index is -4.26. The zero-order valence-electron chi connectivity index (χ0n) is 9.81. The summed E-state index contributed by atoms with van der Waals surface area (Å²) in [5.74, 6) is 0. The molecule has 0 spiro atoms. The molecular formula is C8H19O8P. The molecule has 0 aromatic carbocycles. The highest BCUT2D eigenvalue weighted by atomic mass is 31.2. The average molecular weight is 274 g/mol. The van der Waals surface area contributed by atoms with E-state index in [-0.39, 0.29) is 13.2 Å². The summed E-state index contributed by atoms with van der Waals surface area (Å²) in [5.41, 5.74) is 0. The Hall–Kier alpha value is -0.0500. The van der Waals surface area contributed by atoms with E-state index in [1.807, 2.05) is 0 Å². The Morgan fingerprint density at radius 3 is 2.24 bits per heavy atom. The van der Waals surface area contributed by atoms with Crippen molar-refractivity contribution in [2.75, 3.05) is 40.6 Å². The van der Waals surface area contributed by atoms with Gasteiger partial charge in [-0.2, -0.15) is 0 Å². The van der Waals surface area contributed by atoms with Crippen LogP contribution in [0.4, 0.5) is 0 Å². The summed E-state index contributed by atoms with van der Waals surface area (Å²) in [4.78, 5) is 9.19. The number of rotatable bonds is 10. The lowest BCUT2D eigenvalue weighted by atomic mass is 10.4. The van der Waals surface area contributed by atoms with Crippen molar-refractivity contribution in [3.8, 4) is 0 Å². The van der Waals surface area contributed by atoms with Gasteiger partial charge in [0.1, 0.15) is 12.2 Å². The van der Waals surface area contributed by atoms with E-state index >= 15 is 0 Å². The van der Waals surface area contributed by atoms with Crippen molar-refractivity contribution < 1.29 is 38.2 Å². The largest absolute Gasteiger partial charge is 0.472 e. The van der Waals surface area contributed by atoms with E-state index in [9.17, 15) is 9.46 Å². The molecule has 3 N–H and O–H groups in total. The molecule has 17 heavy (non-hydrogen) atoms. The van der Waals surface area contributed by atoms with Crippen LogP contribution < -0.4 is 0 Å². The molecule has 0 heterocycles. The highest BCUT2D eigenvalue weighted by Crippen LogP contribution is 2.43. The Kier molecular flexibility index (Phi) is 8.93. The van der Waals surface area contributed by atoms with Crippen LogP contribution >= 0.6 is 7.82 Å². The molecule has 0 aliphatic carbocycles. The number of hydrogen-bond donors (Lipinski definition) is 3. The van der Waals surface area contributed by atoms with Gasteiger partial charge in [-0.1, -0.05) is 0 Å². The normalized spacial score (nSPS) is 18.6. The van der Waals surface area contributed by atoms with Crippen LogP contribution in [0.25, 0.3) is 0 Å². The molecule has 0 fully saturated rings. The number of methoxy groups -OCH3 is 2. The maximum atomic E-state index is 11.3. The predicted octanol–water partition coefficient (Wildman–Crippen LogP) is -0.865. The van der Waals surface area contributed by atoms with Crippen molar-refractivity contribution in [2.24, 2.45) is 0 Å². The summed E-state index contributed by atoms with van der Waals surface area (Å²) in [6.45, 7) is -1.04. The fourth-order valence-electron chi connectivity index (χ4n) is 0.818. The lowest BCUT2D eigenvalue weighted by Gasteiger charge is -2.18. The third kappa shape index (κ3) is 8.64. The summed E-state index contributed by atoms with van der Waals surface area (Å²) in [5, 5.41) is 17.4. The van der Waals surface area contributed by atoms with E-state index < -0.39 is 33.2 Å². The van der Waals surface area contributed by atoms with E-state index in [0.717, 1.165) is 0 Å². The minimum absolute atomic E-state index is 0.187. The highest BCUT2D eigenvalue weighted by molar-refractivity contribution is 7.47. The SMILES string of the molecule is COC[C@H](COP(=O)(O)OC[C@@H](O)CO)OC. The van der Waals surface area contributed by atoms with E-state index in [1.165, 1.54) is 14.2 Å². The molecule has 0 aromatic rings. The third-order valence-electron chi connectivity index (χ3n) is 1.75. The average Bonchev–Trinajstić information content (AvgIpc) is 2.31. The maximum absolute atomic E-state index is 11.3. The van der Waals surface area contributed by atoms with Gasteiger partial charge in [0, 0.05) is 14.2 Å². The second-order valence-corrected chi connectivity index (χ2v) is 4.66.